The minimum absolute atomic E-state index is 0.748. The Balaban J connectivity index is 1.56. The Hall–Kier alpha value is -1.52. The summed E-state index contributed by atoms with van der Waals surface area (Å²) in [6.45, 7) is 1.75. The minimum atomic E-state index is 0.748. The molecule has 1 aliphatic carbocycles. The molecule has 0 unspecified atom stereocenters. The van der Waals surface area contributed by atoms with Crippen LogP contribution in [-0.2, 0) is 13.6 Å². The van der Waals surface area contributed by atoms with Crippen molar-refractivity contribution >= 4 is 5.96 Å². The highest BCUT2D eigenvalue weighted by Crippen LogP contribution is 2.28. The lowest BCUT2D eigenvalue weighted by atomic mass is 10.0. The van der Waals surface area contributed by atoms with Crippen LogP contribution in [0.5, 0.6) is 0 Å². The number of hydrogen-bond acceptors (Lipinski definition) is 2. The molecule has 1 saturated carbocycles. The lowest BCUT2D eigenvalue weighted by Gasteiger charge is -2.12. The number of nitrogens with one attached hydrogen (secondary N) is 2. The molecule has 0 radical (unpaired) electrons. The highest BCUT2D eigenvalue weighted by Gasteiger charge is 2.13. The molecular weight excluding hydrogens is 262 g/mol. The van der Waals surface area contributed by atoms with Crippen LogP contribution in [0.25, 0.3) is 0 Å². The monoisotopic (exact) mass is 291 g/mol. The van der Waals surface area contributed by atoms with Crippen LogP contribution in [-0.4, -0.2) is 29.3 Å². The molecule has 1 aromatic rings. The van der Waals surface area contributed by atoms with Gasteiger partial charge in [0.05, 0.1) is 12.2 Å². The number of aliphatic imine (C=N–C) groups is 1. The van der Waals surface area contributed by atoms with Gasteiger partial charge in [-0.1, -0.05) is 38.5 Å². The van der Waals surface area contributed by atoms with Crippen molar-refractivity contribution in [3.05, 3.63) is 18.0 Å². The topological polar surface area (TPSA) is 54.2 Å². The molecule has 0 aliphatic heterocycles. The molecule has 118 valence electrons. The maximum atomic E-state index is 4.26. The van der Waals surface area contributed by atoms with Gasteiger partial charge in [-0.25, -0.2) is 0 Å². The smallest absolute Gasteiger partial charge is 0.191 e. The van der Waals surface area contributed by atoms with Gasteiger partial charge >= 0.3 is 0 Å². The summed E-state index contributed by atoms with van der Waals surface area (Å²) in [4.78, 5) is 4.26. The average Bonchev–Trinajstić information content (AvgIpc) is 3.14. The molecule has 0 atom stereocenters. The van der Waals surface area contributed by atoms with Gasteiger partial charge in [0.15, 0.2) is 5.96 Å². The van der Waals surface area contributed by atoms with Gasteiger partial charge in [-0.2, -0.15) is 5.10 Å². The Bertz CT molecular complexity index is 432. The summed E-state index contributed by atoms with van der Waals surface area (Å²) >= 11 is 0. The molecule has 0 spiro atoms. The summed E-state index contributed by atoms with van der Waals surface area (Å²) in [6, 6.07) is 2.02. The number of rotatable bonds is 7. The molecule has 21 heavy (non-hydrogen) atoms. The van der Waals surface area contributed by atoms with E-state index in [0.717, 1.165) is 30.7 Å². The van der Waals surface area contributed by atoms with E-state index in [1.54, 1.807) is 0 Å². The Morgan fingerprint density at radius 2 is 2.14 bits per heavy atom. The molecular formula is C16H29N5. The van der Waals surface area contributed by atoms with Gasteiger partial charge in [0.1, 0.15) is 0 Å². The molecule has 2 rings (SSSR count). The Morgan fingerprint density at radius 3 is 2.81 bits per heavy atom. The van der Waals surface area contributed by atoms with Crippen molar-refractivity contribution in [2.45, 2.75) is 51.5 Å². The van der Waals surface area contributed by atoms with Crippen molar-refractivity contribution in [1.29, 1.82) is 0 Å². The second kappa shape index (κ2) is 8.70. The van der Waals surface area contributed by atoms with Crippen molar-refractivity contribution in [3.8, 4) is 0 Å². The largest absolute Gasteiger partial charge is 0.356 e. The zero-order valence-electron chi connectivity index (χ0n) is 13.4. The van der Waals surface area contributed by atoms with E-state index in [4.69, 9.17) is 0 Å². The first kappa shape index (κ1) is 15.9. The van der Waals surface area contributed by atoms with Crippen molar-refractivity contribution in [2.75, 3.05) is 13.6 Å². The summed E-state index contributed by atoms with van der Waals surface area (Å²) in [5, 5.41) is 10.9. The predicted molar refractivity (Wildman–Crippen MR) is 87.2 cm³/mol. The van der Waals surface area contributed by atoms with Crippen molar-refractivity contribution in [3.63, 3.8) is 0 Å². The van der Waals surface area contributed by atoms with Gasteiger partial charge in [0, 0.05) is 26.8 Å². The average molecular weight is 291 g/mol. The Morgan fingerprint density at radius 1 is 1.33 bits per heavy atom. The molecule has 1 aliphatic rings. The van der Waals surface area contributed by atoms with Crippen LogP contribution in [0.3, 0.4) is 0 Å². The summed E-state index contributed by atoms with van der Waals surface area (Å²) in [7, 11) is 3.77. The summed E-state index contributed by atoms with van der Waals surface area (Å²) in [6.07, 6.45) is 11.6. The fraction of sp³-hybridized carbons (Fsp3) is 0.750. The Kier molecular flexibility index (Phi) is 6.57. The van der Waals surface area contributed by atoms with Gasteiger partial charge in [-0.15, -0.1) is 0 Å². The van der Waals surface area contributed by atoms with Gasteiger partial charge in [0.25, 0.3) is 0 Å². The first-order chi connectivity index (χ1) is 10.3. The van der Waals surface area contributed by atoms with E-state index in [-0.39, 0.29) is 0 Å². The number of hydrogen-bond donors (Lipinski definition) is 2. The van der Waals surface area contributed by atoms with Gasteiger partial charge < -0.3 is 10.6 Å². The zero-order valence-corrected chi connectivity index (χ0v) is 13.4. The second-order valence-corrected chi connectivity index (χ2v) is 5.94. The van der Waals surface area contributed by atoms with Crippen LogP contribution in [0.4, 0.5) is 0 Å². The highest BCUT2D eigenvalue weighted by molar-refractivity contribution is 5.79. The van der Waals surface area contributed by atoms with Gasteiger partial charge in [0.2, 0.25) is 0 Å². The fourth-order valence-electron chi connectivity index (χ4n) is 3.03. The normalized spacial score (nSPS) is 16.4. The Labute approximate surface area is 128 Å². The lowest BCUT2D eigenvalue weighted by Crippen LogP contribution is -2.37. The van der Waals surface area contributed by atoms with Crippen LogP contribution in [0.2, 0.25) is 0 Å². The quantitative estimate of drug-likeness (QED) is 0.461. The predicted octanol–water partition coefficient (Wildman–Crippen LogP) is 2.45. The summed E-state index contributed by atoms with van der Waals surface area (Å²) < 4.78 is 1.88. The van der Waals surface area contributed by atoms with Crippen molar-refractivity contribution in [2.24, 2.45) is 18.0 Å². The van der Waals surface area contributed by atoms with Crippen molar-refractivity contribution < 1.29 is 0 Å². The number of aromatic nitrogens is 2. The van der Waals surface area contributed by atoms with E-state index in [2.05, 4.69) is 20.7 Å². The number of aryl methyl sites for hydroxylation is 1. The van der Waals surface area contributed by atoms with Crippen molar-refractivity contribution in [1.82, 2.24) is 20.4 Å². The molecule has 1 fully saturated rings. The molecule has 0 saturated heterocycles. The van der Waals surface area contributed by atoms with E-state index in [1.165, 1.54) is 44.9 Å². The number of unbranched alkanes of at least 4 members (excludes halogenated alkanes) is 1. The van der Waals surface area contributed by atoms with Crippen LogP contribution >= 0.6 is 0 Å². The SMILES string of the molecule is CN=C(NCCCCC1CCCC1)NCc1ccnn1C. The van der Waals surface area contributed by atoms with E-state index in [0.29, 0.717) is 0 Å². The lowest BCUT2D eigenvalue weighted by molar-refractivity contribution is 0.472. The maximum absolute atomic E-state index is 4.26. The van der Waals surface area contributed by atoms with Gasteiger partial charge in [-0.3, -0.25) is 9.67 Å². The zero-order chi connectivity index (χ0) is 14.9. The van der Waals surface area contributed by atoms with Crippen LogP contribution in [0, 0.1) is 5.92 Å². The van der Waals surface area contributed by atoms with Crippen LogP contribution < -0.4 is 10.6 Å². The third-order valence-corrected chi connectivity index (χ3v) is 4.39. The fourth-order valence-corrected chi connectivity index (χ4v) is 3.03. The summed E-state index contributed by atoms with van der Waals surface area (Å²) in [5.74, 6) is 1.88. The molecule has 2 N–H and O–H groups in total. The molecule has 0 bridgehead atoms. The van der Waals surface area contributed by atoms with E-state index in [9.17, 15) is 0 Å². The molecule has 0 aromatic carbocycles. The first-order valence-electron chi connectivity index (χ1n) is 8.21. The molecule has 1 heterocycles. The second-order valence-electron chi connectivity index (χ2n) is 5.94. The molecule has 5 nitrogen and oxygen atoms in total. The molecule has 1 aromatic heterocycles. The number of guanidine groups is 1. The maximum Gasteiger partial charge on any atom is 0.191 e. The van der Waals surface area contributed by atoms with Gasteiger partial charge in [-0.05, 0) is 18.4 Å². The number of nitrogens with zero attached hydrogens (tertiary/aromatic N) is 3. The first-order valence-corrected chi connectivity index (χ1v) is 8.21. The highest BCUT2D eigenvalue weighted by atomic mass is 15.3. The molecule has 0 amide bonds. The van der Waals surface area contributed by atoms with E-state index in [1.807, 2.05) is 31.0 Å². The van der Waals surface area contributed by atoms with Crippen LogP contribution in [0.1, 0.15) is 50.6 Å². The third-order valence-electron chi connectivity index (χ3n) is 4.39. The minimum Gasteiger partial charge on any atom is -0.356 e. The summed E-state index contributed by atoms with van der Waals surface area (Å²) in [5.41, 5.74) is 1.15. The van der Waals surface area contributed by atoms with Crippen LogP contribution in [0.15, 0.2) is 17.3 Å². The van der Waals surface area contributed by atoms with E-state index >= 15 is 0 Å². The molecule has 5 heteroatoms. The van der Waals surface area contributed by atoms with E-state index < -0.39 is 0 Å². The standard InChI is InChI=1S/C16H29N5/c1-17-16(19-13-15-10-12-20-21(15)2)18-11-6-5-9-14-7-3-4-8-14/h10,12,14H,3-9,11,13H2,1-2H3,(H2,17,18,19). The third kappa shape index (κ3) is 5.40.